The van der Waals surface area contributed by atoms with Gasteiger partial charge < -0.3 is 10.4 Å². The van der Waals surface area contributed by atoms with Gasteiger partial charge in [0.1, 0.15) is 5.75 Å². The molecule has 0 spiro atoms. The molecule has 0 radical (unpaired) electrons. The molecule has 0 saturated carbocycles. The zero-order chi connectivity index (χ0) is 19.7. The lowest BCUT2D eigenvalue weighted by molar-refractivity contribution is 0.102. The monoisotopic (exact) mass is 372 g/mol. The average Bonchev–Trinajstić information content (AvgIpc) is 3.09. The molecule has 0 aliphatic carbocycles. The second-order valence-electron chi connectivity index (χ2n) is 6.50. The third kappa shape index (κ3) is 3.09. The van der Waals surface area contributed by atoms with Gasteiger partial charge >= 0.3 is 0 Å². The van der Waals surface area contributed by atoms with Crippen molar-refractivity contribution >= 4 is 22.5 Å². The Kier molecular flexibility index (Phi) is 4.53. The van der Waals surface area contributed by atoms with Crippen LogP contribution in [0.3, 0.4) is 0 Å². The highest BCUT2D eigenvalue weighted by atomic mass is 16.3. The summed E-state index contributed by atoms with van der Waals surface area (Å²) in [5.41, 5.74) is 4.17. The fraction of sp³-hybridized carbons (Fsp3) is 0.136. The number of phenolic OH excluding ortho intramolecular Hbond substituents is 1. The highest BCUT2D eigenvalue weighted by Gasteiger charge is 2.17. The van der Waals surface area contributed by atoms with Crippen LogP contribution in [0.5, 0.6) is 5.75 Å². The van der Waals surface area contributed by atoms with Gasteiger partial charge in [0, 0.05) is 23.2 Å². The molecule has 0 aliphatic rings. The zero-order valence-electron chi connectivity index (χ0n) is 15.7. The minimum absolute atomic E-state index is 0.0227. The predicted octanol–water partition coefficient (Wildman–Crippen LogP) is 4.38. The fourth-order valence-corrected chi connectivity index (χ4v) is 3.29. The molecule has 4 aromatic rings. The lowest BCUT2D eigenvalue weighted by atomic mass is 10.0. The number of nitrogens with one attached hydrogen (secondary N) is 1. The Morgan fingerprint density at radius 3 is 2.64 bits per heavy atom. The van der Waals surface area contributed by atoms with Crippen LogP contribution in [0.4, 0.5) is 5.69 Å². The van der Waals surface area contributed by atoms with Crippen molar-refractivity contribution in [1.82, 2.24) is 14.8 Å². The molecule has 0 fully saturated rings. The Morgan fingerprint density at radius 1 is 1.14 bits per heavy atom. The topological polar surface area (TPSA) is 80.0 Å². The van der Waals surface area contributed by atoms with E-state index in [9.17, 15) is 9.90 Å². The third-order valence-corrected chi connectivity index (χ3v) is 4.79. The number of benzene rings is 2. The molecule has 2 aromatic heterocycles. The first-order valence-electron chi connectivity index (χ1n) is 9.10. The number of anilines is 1. The number of fused-ring (bicyclic) bond motifs is 1. The summed E-state index contributed by atoms with van der Waals surface area (Å²) in [6, 6.07) is 16.0. The molecule has 2 heterocycles. The molecule has 140 valence electrons. The number of aromatic hydroxyl groups is 1. The maximum atomic E-state index is 13.0. The van der Waals surface area contributed by atoms with Gasteiger partial charge in [0.2, 0.25) is 0 Å². The van der Waals surface area contributed by atoms with Gasteiger partial charge in [-0.15, -0.1) is 0 Å². The van der Waals surface area contributed by atoms with Crippen LogP contribution in [0, 0.1) is 6.92 Å². The van der Waals surface area contributed by atoms with Gasteiger partial charge in [-0.3, -0.25) is 9.48 Å². The van der Waals surface area contributed by atoms with Gasteiger partial charge in [-0.1, -0.05) is 30.3 Å². The summed E-state index contributed by atoms with van der Waals surface area (Å²) in [5.74, 6) is -0.281. The van der Waals surface area contributed by atoms with Crippen molar-refractivity contribution in [1.29, 1.82) is 0 Å². The van der Waals surface area contributed by atoms with Crippen molar-refractivity contribution in [2.45, 2.75) is 20.4 Å². The minimum atomic E-state index is -0.304. The van der Waals surface area contributed by atoms with Crippen LogP contribution in [0.2, 0.25) is 0 Å². The van der Waals surface area contributed by atoms with Gasteiger partial charge in [0.25, 0.3) is 5.91 Å². The first kappa shape index (κ1) is 17.7. The molecule has 28 heavy (non-hydrogen) atoms. The molecule has 0 unspecified atom stereocenters. The Balaban J connectivity index is 1.84. The fourth-order valence-electron chi connectivity index (χ4n) is 3.29. The Hall–Kier alpha value is -3.67. The van der Waals surface area contributed by atoms with Crippen LogP contribution in [0.15, 0.2) is 60.8 Å². The molecule has 2 N–H and O–H groups in total. The van der Waals surface area contributed by atoms with E-state index in [0.717, 1.165) is 28.7 Å². The first-order valence-corrected chi connectivity index (χ1v) is 9.10. The molecule has 1 amide bonds. The van der Waals surface area contributed by atoms with Crippen LogP contribution in [0.25, 0.3) is 22.2 Å². The molecule has 0 bridgehead atoms. The smallest absolute Gasteiger partial charge is 0.256 e. The zero-order valence-corrected chi connectivity index (χ0v) is 15.7. The maximum absolute atomic E-state index is 13.0. The number of pyridine rings is 1. The van der Waals surface area contributed by atoms with E-state index in [2.05, 4.69) is 10.4 Å². The number of carbonyl (C=O) groups is 1. The summed E-state index contributed by atoms with van der Waals surface area (Å²) in [7, 11) is 0. The van der Waals surface area contributed by atoms with E-state index in [0.29, 0.717) is 16.9 Å². The molecule has 0 atom stereocenters. The number of rotatable bonds is 4. The lowest BCUT2D eigenvalue weighted by Gasteiger charge is -2.11. The lowest BCUT2D eigenvalue weighted by Crippen LogP contribution is -2.13. The van der Waals surface area contributed by atoms with E-state index in [1.807, 2.05) is 42.8 Å². The number of phenols is 1. The van der Waals surface area contributed by atoms with E-state index in [1.54, 1.807) is 30.5 Å². The van der Waals surface area contributed by atoms with E-state index in [1.165, 1.54) is 6.07 Å². The largest absolute Gasteiger partial charge is 0.506 e. The summed E-state index contributed by atoms with van der Waals surface area (Å²) < 4.78 is 1.90. The normalized spacial score (nSPS) is 10.9. The van der Waals surface area contributed by atoms with Crippen molar-refractivity contribution in [3.05, 3.63) is 72.1 Å². The maximum Gasteiger partial charge on any atom is 0.256 e. The number of nitrogens with zero attached hydrogens (tertiary/aromatic N) is 3. The van der Waals surface area contributed by atoms with Gasteiger partial charge in [-0.25, -0.2) is 4.98 Å². The van der Waals surface area contributed by atoms with E-state index < -0.39 is 0 Å². The second-order valence-corrected chi connectivity index (χ2v) is 6.50. The van der Waals surface area contributed by atoms with E-state index in [4.69, 9.17) is 4.98 Å². The van der Waals surface area contributed by atoms with Gasteiger partial charge in [0.15, 0.2) is 0 Å². The van der Waals surface area contributed by atoms with Crippen molar-refractivity contribution in [3.63, 3.8) is 0 Å². The first-order chi connectivity index (χ1) is 13.6. The molecule has 6 nitrogen and oxygen atoms in total. The Bertz CT molecular complexity index is 1180. The summed E-state index contributed by atoms with van der Waals surface area (Å²) in [5, 5.41) is 17.9. The third-order valence-electron chi connectivity index (χ3n) is 4.79. The van der Waals surface area contributed by atoms with Crippen molar-refractivity contribution in [2.24, 2.45) is 0 Å². The number of para-hydroxylation sites is 3. The summed E-state index contributed by atoms with van der Waals surface area (Å²) in [6.07, 6.45) is 1.78. The number of carbonyl (C=O) groups excluding carboxylic acids is 1. The number of aromatic nitrogens is 3. The molecule has 0 saturated heterocycles. The SMILES string of the molecule is CCn1ncc(-c2cc(C(=O)Nc3ccccc3O)c3ccccc3n2)c1C. The summed E-state index contributed by atoms with van der Waals surface area (Å²) in [4.78, 5) is 17.8. The molecular weight excluding hydrogens is 352 g/mol. The second kappa shape index (κ2) is 7.15. The van der Waals surface area contributed by atoms with Gasteiger partial charge in [0.05, 0.1) is 28.7 Å². The van der Waals surface area contributed by atoms with E-state index in [-0.39, 0.29) is 11.7 Å². The molecule has 4 rings (SSSR count). The van der Waals surface area contributed by atoms with Crippen LogP contribution in [-0.2, 0) is 6.54 Å². The van der Waals surface area contributed by atoms with Gasteiger partial charge in [-0.2, -0.15) is 5.10 Å². The van der Waals surface area contributed by atoms with E-state index >= 15 is 0 Å². The standard InChI is InChI=1S/C22H20N4O2/c1-3-26-14(2)17(13-23-26)20-12-16(15-8-4-5-9-18(15)24-20)22(28)25-19-10-6-7-11-21(19)27/h4-13,27H,3H2,1-2H3,(H,25,28). The number of amides is 1. The molecule has 0 aliphatic heterocycles. The Morgan fingerprint density at radius 2 is 1.89 bits per heavy atom. The number of hydrogen-bond donors (Lipinski definition) is 2. The molecule has 6 heteroatoms. The predicted molar refractivity (Wildman–Crippen MR) is 109 cm³/mol. The van der Waals surface area contributed by atoms with Crippen molar-refractivity contribution < 1.29 is 9.90 Å². The number of aryl methyl sites for hydroxylation is 1. The van der Waals surface area contributed by atoms with Crippen LogP contribution < -0.4 is 5.32 Å². The quantitative estimate of drug-likeness (QED) is 0.521. The van der Waals surface area contributed by atoms with Gasteiger partial charge in [-0.05, 0) is 38.1 Å². The Labute approximate surface area is 162 Å². The minimum Gasteiger partial charge on any atom is -0.506 e. The molecular formula is C22H20N4O2. The summed E-state index contributed by atoms with van der Waals surface area (Å²) >= 11 is 0. The van der Waals surface area contributed by atoms with Crippen LogP contribution in [-0.4, -0.2) is 25.8 Å². The summed E-state index contributed by atoms with van der Waals surface area (Å²) in [6.45, 7) is 4.79. The van der Waals surface area contributed by atoms with Crippen molar-refractivity contribution in [3.8, 4) is 17.0 Å². The number of hydrogen-bond acceptors (Lipinski definition) is 4. The van der Waals surface area contributed by atoms with Crippen LogP contribution >= 0.6 is 0 Å². The average molecular weight is 372 g/mol. The molecule has 2 aromatic carbocycles. The van der Waals surface area contributed by atoms with Crippen LogP contribution in [0.1, 0.15) is 23.0 Å². The highest BCUT2D eigenvalue weighted by molar-refractivity contribution is 6.13. The highest BCUT2D eigenvalue weighted by Crippen LogP contribution is 2.28. The van der Waals surface area contributed by atoms with Crippen molar-refractivity contribution in [2.75, 3.05) is 5.32 Å².